The van der Waals surface area contributed by atoms with Gasteiger partial charge in [-0.2, -0.15) is 0 Å². The molecule has 2 aliphatic heterocycles. The first-order valence-electron chi connectivity index (χ1n) is 10.6. The third kappa shape index (κ3) is 4.78. The Labute approximate surface area is 176 Å². The van der Waals surface area contributed by atoms with Gasteiger partial charge in [-0.25, -0.2) is 0 Å². The molecule has 156 valence electrons. The van der Waals surface area contributed by atoms with Crippen LogP contribution in [0.3, 0.4) is 0 Å². The summed E-state index contributed by atoms with van der Waals surface area (Å²) >= 11 is 1.66. The Morgan fingerprint density at radius 1 is 1.10 bits per heavy atom. The topological polar surface area (TPSA) is 58.6 Å². The smallest absolute Gasteiger partial charge is 0.236 e. The van der Waals surface area contributed by atoms with E-state index in [2.05, 4.69) is 26.9 Å². The highest BCUT2D eigenvalue weighted by Gasteiger charge is 2.27. The molecule has 1 aromatic heterocycles. The van der Waals surface area contributed by atoms with E-state index in [4.69, 9.17) is 4.74 Å². The van der Waals surface area contributed by atoms with Gasteiger partial charge in [0.05, 0.1) is 19.2 Å². The van der Waals surface area contributed by atoms with E-state index in [1.165, 1.54) is 0 Å². The molecule has 0 N–H and O–H groups in total. The molecule has 6 nitrogen and oxygen atoms in total. The van der Waals surface area contributed by atoms with Crippen molar-refractivity contribution >= 4 is 17.2 Å². The molecule has 4 rings (SSSR count). The molecule has 0 unspecified atom stereocenters. The molecule has 2 aliphatic rings. The van der Waals surface area contributed by atoms with E-state index in [-0.39, 0.29) is 0 Å². The average Bonchev–Trinajstić information content (AvgIpc) is 3.25. The van der Waals surface area contributed by atoms with Gasteiger partial charge in [-0.3, -0.25) is 9.69 Å². The van der Waals surface area contributed by atoms with Gasteiger partial charge in [-0.15, -0.1) is 10.2 Å². The third-order valence-corrected chi connectivity index (χ3v) is 7.33. The summed E-state index contributed by atoms with van der Waals surface area (Å²) < 4.78 is 5.46. The maximum atomic E-state index is 12.6. The number of amides is 1. The number of piperidine rings is 2. The summed E-state index contributed by atoms with van der Waals surface area (Å²) in [5.74, 6) is 2.31. The number of aromatic nitrogens is 2. The van der Waals surface area contributed by atoms with Crippen LogP contribution in [-0.4, -0.2) is 65.7 Å². The molecule has 29 heavy (non-hydrogen) atoms. The predicted molar refractivity (Wildman–Crippen MR) is 115 cm³/mol. The zero-order chi connectivity index (χ0) is 20.2. The molecule has 0 spiro atoms. The first kappa shape index (κ1) is 20.3. The largest absolute Gasteiger partial charge is 0.496 e. The van der Waals surface area contributed by atoms with E-state index in [0.717, 1.165) is 79.1 Å². The number of methoxy groups -OCH3 is 1. The van der Waals surface area contributed by atoms with Gasteiger partial charge in [0.15, 0.2) is 5.01 Å². The molecule has 1 amide bonds. The Morgan fingerprint density at radius 3 is 2.55 bits per heavy atom. The molecule has 2 saturated heterocycles. The highest BCUT2D eigenvalue weighted by atomic mass is 32.1. The number of carbonyl (C=O) groups is 1. The molecule has 2 fully saturated rings. The number of likely N-dealkylation sites (tertiary alicyclic amines) is 2. The number of hydrogen-bond acceptors (Lipinski definition) is 6. The first-order chi connectivity index (χ1) is 14.1. The monoisotopic (exact) mass is 414 g/mol. The van der Waals surface area contributed by atoms with Crippen molar-refractivity contribution in [3.8, 4) is 16.3 Å². The van der Waals surface area contributed by atoms with Crippen LogP contribution in [-0.2, 0) is 4.79 Å². The van der Waals surface area contributed by atoms with Crippen LogP contribution in [0, 0.1) is 5.92 Å². The van der Waals surface area contributed by atoms with Crippen LogP contribution < -0.4 is 4.74 Å². The molecule has 2 aromatic rings. The molecular weight excluding hydrogens is 384 g/mol. The molecule has 7 heteroatoms. The summed E-state index contributed by atoms with van der Waals surface area (Å²) in [6, 6.07) is 7.94. The summed E-state index contributed by atoms with van der Waals surface area (Å²) in [6.45, 7) is 6.58. The zero-order valence-corrected chi connectivity index (χ0v) is 18.2. The molecule has 0 aliphatic carbocycles. The minimum atomic E-state index is 0.296. The summed E-state index contributed by atoms with van der Waals surface area (Å²) in [5, 5.41) is 10.9. The fraction of sp³-hybridized carbons (Fsp3) is 0.591. The summed E-state index contributed by atoms with van der Waals surface area (Å²) in [4.78, 5) is 17.0. The number of carbonyl (C=O) groups excluding carboxylic acids is 1. The summed E-state index contributed by atoms with van der Waals surface area (Å²) in [5.41, 5.74) is 0.998. The second-order valence-electron chi connectivity index (χ2n) is 8.26. The van der Waals surface area contributed by atoms with Gasteiger partial charge in [0.25, 0.3) is 0 Å². The molecule has 3 heterocycles. The summed E-state index contributed by atoms with van der Waals surface area (Å²) in [7, 11) is 1.68. The Morgan fingerprint density at radius 2 is 1.83 bits per heavy atom. The number of para-hydroxylation sites is 1. The number of rotatable bonds is 5. The van der Waals surface area contributed by atoms with E-state index in [1.54, 1.807) is 18.4 Å². The second-order valence-corrected chi connectivity index (χ2v) is 9.27. The van der Waals surface area contributed by atoms with E-state index in [9.17, 15) is 4.79 Å². The maximum Gasteiger partial charge on any atom is 0.236 e. The molecule has 0 atom stereocenters. The van der Waals surface area contributed by atoms with Crippen LogP contribution in [0.2, 0.25) is 0 Å². The van der Waals surface area contributed by atoms with Crippen molar-refractivity contribution in [1.82, 2.24) is 20.0 Å². The van der Waals surface area contributed by atoms with Crippen LogP contribution in [0.1, 0.15) is 43.5 Å². The lowest BCUT2D eigenvalue weighted by molar-refractivity contribution is -0.134. The number of hydrogen-bond donors (Lipinski definition) is 0. The van der Waals surface area contributed by atoms with Crippen molar-refractivity contribution < 1.29 is 9.53 Å². The molecule has 0 radical (unpaired) electrons. The fourth-order valence-corrected chi connectivity index (χ4v) is 5.26. The number of benzene rings is 1. The normalized spacial score (nSPS) is 19.4. The predicted octanol–water partition coefficient (Wildman–Crippen LogP) is 3.65. The average molecular weight is 415 g/mol. The minimum absolute atomic E-state index is 0.296. The van der Waals surface area contributed by atoms with Crippen LogP contribution in [0.4, 0.5) is 0 Å². The number of nitrogens with zero attached hydrogens (tertiary/aromatic N) is 4. The van der Waals surface area contributed by atoms with Gasteiger partial charge in [0, 0.05) is 19.0 Å². The van der Waals surface area contributed by atoms with Gasteiger partial charge in [-0.1, -0.05) is 30.4 Å². The standard InChI is InChI=1S/C22H30N4O2S/c1-16-7-13-26(14-8-16)20(27)15-25-11-9-17(10-12-25)21-23-24-22(29-21)18-5-3-4-6-19(18)28-2/h3-6,16-17H,7-15H2,1-2H3. The van der Waals surface area contributed by atoms with Crippen molar-refractivity contribution in [3.63, 3.8) is 0 Å². The van der Waals surface area contributed by atoms with Crippen LogP contribution in [0.15, 0.2) is 24.3 Å². The van der Waals surface area contributed by atoms with Gasteiger partial charge in [0.1, 0.15) is 10.8 Å². The van der Waals surface area contributed by atoms with E-state index in [0.29, 0.717) is 18.4 Å². The summed E-state index contributed by atoms with van der Waals surface area (Å²) in [6.07, 6.45) is 4.34. The van der Waals surface area contributed by atoms with Crippen molar-refractivity contribution in [2.75, 3.05) is 39.8 Å². The fourth-order valence-electron chi connectivity index (χ4n) is 4.22. The molecular formula is C22H30N4O2S. The van der Waals surface area contributed by atoms with E-state index < -0.39 is 0 Å². The Hall–Kier alpha value is -1.99. The first-order valence-corrected chi connectivity index (χ1v) is 11.4. The van der Waals surface area contributed by atoms with Gasteiger partial charge >= 0.3 is 0 Å². The van der Waals surface area contributed by atoms with Gasteiger partial charge < -0.3 is 9.64 Å². The van der Waals surface area contributed by atoms with Crippen molar-refractivity contribution in [1.29, 1.82) is 0 Å². The van der Waals surface area contributed by atoms with Crippen LogP contribution in [0.5, 0.6) is 5.75 Å². The quantitative estimate of drug-likeness (QED) is 0.747. The second kappa shape index (κ2) is 9.22. The van der Waals surface area contributed by atoms with Gasteiger partial charge in [0.2, 0.25) is 5.91 Å². The molecule has 0 bridgehead atoms. The highest BCUT2D eigenvalue weighted by molar-refractivity contribution is 7.14. The highest BCUT2D eigenvalue weighted by Crippen LogP contribution is 2.36. The minimum Gasteiger partial charge on any atom is -0.496 e. The Bertz CT molecular complexity index is 824. The molecule has 1 aromatic carbocycles. The van der Waals surface area contributed by atoms with E-state index >= 15 is 0 Å². The maximum absolute atomic E-state index is 12.6. The lowest BCUT2D eigenvalue weighted by Gasteiger charge is -2.34. The van der Waals surface area contributed by atoms with Crippen molar-refractivity contribution in [2.24, 2.45) is 5.92 Å². The van der Waals surface area contributed by atoms with Crippen LogP contribution in [0.25, 0.3) is 10.6 Å². The SMILES string of the molecule is COc1ccccc1-c1nnc(C2CCN(CC(=O)N3CCC(C)CC3)CC2)s1. The van der Waals surface area contributed by atoms with Crippen molar-refractivity contribution in [3.05, 3.63) is 29.3 Å². The van der Waals surface area contributed by atoms with E-state index in [1.807, 2.05) is 24.3 Å². The number of ether oxygens (including phenoxy) is 1. The van der Waals surface area contributed by atoms with Crippen molar-refractivity contribution in [2.45, 2.75) is 38.5 Å². The Balaban J connectivity index is 1.31. The molecule has 0 saturated carbocycles. The lowest BCUT2D eigenvalue weighted by Crippen LogP contribution is -2.45. The Kier molecular flexibility index (Phi) is 6.45. The van der Waals surface area contributed by atoms with Crippen LogP contribution >= 0.6 is 11.3 Å². The zero-order valence-electron chi connectivity index (χ0n) is 17.3. The lowest BCUT2D eigenvalue weighted by atomic mass is 9.97. The van der Waals surface area contributed by atoms with Gasteiger partial charge in [-0.05, 0) is 56.8 Å². The third-order valence-electron chi connectivity index (χ3n) is 6.21.